The van der Waals surface area contributed by atoms with Crippen LogP contribution in [0.25, 0.3) is 0 Å². The third-order valence-corrected chi connectivity index (χ3v) is 4.55. The van der Waals surface area contributed by atoms with Gasteiger partial charge >= 0.3 is 5.97 Å². The van der Waals surface area contributed by atoms with Gasteiger partial charge in [-0.3, -0.25) is 4.79 Å². The fourth-order valence-electron chi connectivity index (χ4n) is 3.61. The Morgan fingerprint density at radius 2 is 2.30 bits per heavy atom. The van der Waals surface area contributed by atoms with Crippen LogP contribution in [0.3, 0.4) is 0 Å². The second kappa shape index (κ2) is 4.98. The molecule has 2 saturated heterocycles. The quantitative estimate of drug-likeness (QED) is 0.423. The molecule has 0 unspecified atom stereocenters. The Labute approximate surface area is 116 Å². The van der Waals surface area contributed by atoms with Crippen molar-refractivity contribution in [1.29, 1.82) is 0 Å². The fraction of sp³-hybridized carbons (Fsp3) is 0.846. The maximum atomic E-state index is 12.1. The molecule has 3 rings (SSSR count). The zero-order valence-electron chi connectivity index (χ0n) is 11.6. The summed E-state index contributed by atoms with van der Waals surface area (Å²) in [6, 6.07) is 0. The first-order valence-corrected chi connectivity index (χ1v) is 6.77. The lowest BCUT2D eigenvalue weighted by molar-refractivity contribution is -0.154. The van der Waals surface area contributed by atoms with Crippen LogP contribution >= 0.6 is 0 Å². The average molecular weight is 285 g/mol. The van der Waals surface area contributed by atoms with Gasteiger partial charge in [-0.1, -0.05) is 0 Å². The Morgan fingerprint density at radius 1 is 1.50 bits per heavy atom. The molecule has 7 heteroatoms. The summed E-state index contributed by atoms with van der Waals surface area (Å²) in [4.78, 5) is 23.8. The van der Waals surface area contributed by atoms with Crippen molar-refractivity contribution in [2.24, 2.45) is 11.8 Å². The van der Waals surface area contributed by atoms with E-state index in [1.807, 2.05) is 0 Å². The van der Waals surface area contributed by atoms with Crippen LogP contribution in [0, 0.1) is 11.8 Å². The summed E-state index contributed by atoms with van der Waals surface area (Å²) in [5, 5.41) is 2.84. The van der Waals surface area contributed by atoms with E-state index in [2.05, 4.69) is 5.32 Å². The zero-order valence-corrected chi connectivity index (χ0v) is 11.6. The first-order chi connectivity index (χ1) is 9.63. The highest BCUT2D eigenvalue weighted by atomic mass is 16.7. The van der Waals surface area contributed by atoms with E-state index in [0.29, 0.717) is 13.0 Å². The predicted molar refractivity (Wildman–Crippen MR) is 65.6 cm³/mol. The molecule has 0 bridgehead atoms. The molecule has 0 aromatic heterocycles. The van der Waals surface area contributed by atoms with Crippen molar-refractivity contribution in [2.75, 3.05) is 27.6 Å². The van der Waals surface area contributed by atoms with Gasteiger partial charge in [-0.2, -0.15) is 0 Å². The number of fused-ring (bicyclic) bond motifs is 3. The fourth-order valence-corrected chi connectivity index (χ4v) is 3.61. The first-order valence-electron chi connectivity index (χ1n) is 6.77. The third kappa shape index (κ3) is 1.92. The van der Waals surface area contributed by atoms with Gasteiger partial charge in [0.15, 0.2) is 5.60 Å². The summed E-state index contributed by atoms with van der Waals surface area (Å²) in [5.74, 6) is -0.415. The van der Waals surface area contributed by atoms with Gasteiger partial charge in [-0.15, -0.1) is 0 Å². The Hall–Kier alpha value is -1.18. The number of amides is 1. The minimum absolute atomic E-state index is 0.0416. The molecular formula is C13H19NO6. The van der Waals surface area contributed by atoms with E-state index in [4.69, 9.17) is 18.9 Å². The summed E-state index contributed by atoms with van der Waals surface area (Å²) < 4.78 is 21.1. The Balaban J connectivity index is 1.83. The molecule has 0 aromatic rings. The predicted octanol–water partition coefficient (Wildman–Crippen LogP) is -0.558. The van der Waals surface area contributed by atoms with Gasteiger partial charge in [0.25, 0.3) is 0 Å². The van der Waals surface area contributed by atoms with Crippen LogP contribution in [-0.4, -0.2) is 57.2 Å². The Kier molecular flexibility index (Phi) is 3.43. The molecule has 1 amide bonds. The van der Waals surface area contributed by atoms with Gasteiger partial charge in [0.2, 0.25) is 5.91 Å². The lowest BCUT2D eigenvalue weighted by Crippen LogP contribution is -2.55. The largest absolute Gasteiger partial charge is 0.467 e. The number of carbonyl (C=O) groups is 2. The van der Waals surface area contributed by atoms with Crippen molar-refractivity contribution >= 4 is 11.9 Å². The van der Waals surface area contributed by atoms with Crippen molar-refractivity contribution < 1.29 is 28.5 Å². The number of methoxy groups -OCH3 is 2. The number of piperidine rings is 1. The van der Waals surface area contributed by atoms with Crippen molar-refractivity contribution in [3.8, 4) is 0 Å². The molecule has 1 aliphatic carbocycles. The highest BCUT2D eigenvalue weighted by Crippen LogP contribution is 2.56. The Morgan fingerprint density at radius 3 is 3.00 bits per heavy atom. The smallest absolute Gasteiger partial charge is 0.341 e. The lowest BCUT2D eigenvalue weighted by atomic mass is 9.67. The lowest BCUT2D eigenvalue weighted by Gasteiger charge is -2.39. The normalized spacial score (nSPS) is 42.2. The molecule has 2 aliphatic heterocycles. The minimum atomic E-state index is -1.01. The van der Waals surface area contributed by atoms with Gasteiger partial charge in [0, 0.05) is 26.0 Å². The van der Waals surface area contributed by atoms with Crippen molar-refractivity contribution in [2.45, 2.75) is 30.7 Å². The zero-order chi connectivity index (χ0) is 14.3. The van der Waals surface area contributed by atoms with Gasteiger partial charge in [0.1, 0.15) is 12.9 Å². The molecule has 3 aliphatic rings. The van der Waals surface area contributed by atoms with E-state index in [1.165, 1.54) is 7.11 Å². The number of hydrogen-bond acceptors (Lipinski definition) is 6. The van der Waals surface area contributed by atoms with Crippen molar-refractivity contribution in [3.05, 3.63) is 0 Å². The van der Waals surface area contributed by atoms with Crippen LogP contribution in [0.4, 0.5) is 0 Å². The topological polar surface area (TPSA) is 86.4 Å². The number of carbonyl (C=O) groups excluding carboxylic acids is 2. The number of rotatable bonds is 4. The Bertz CT molecular complexity index is 427. The van der Waals surface area contributed by atoms with Crippen LogP contribution in [0.2, 0.25) is 0 Å². The van der Waals surface area contributed by atoms with Crippen LogP contribution in [-0.2, 0) is 28.5 Å². The van der Waals surface area contributed by atoms with Gasteiger partial charge in [-0.25, -0.2) is 4.79 Å². The summed E-state index contributed by atoms with van der Waals surface area (Å²) in [7, 11) is 2.89. The third-order valence-electron chi connectivity index (χ3n) is 4.55. The molecular weight excluding hydrogens is 266 g/mol. The SMILES string of the molecule is COCO[C@@H]1C[C@@H]2CNC(=O)C[C@@H]2[C@@]2(C(=O)OC)O[C@@H]12. The van der Waals surface area contributed by atoms with Crippen molar-refractivity contribution in [1.82, 2.24) is 5.32 Å². The highest BCUT2D eigenvalue weighted by molar-refractivity contribution is 5.87. The van der Waals surface area contributed by atoms with E-state index in [1.54, 1.807) is 7.11 Å². The summed E-state index contributed by atoms with van der Waals surface area (Å²) >= 11 is 0. The maximum Gasteiger partial charge on any atom is 0.341 e. The number of epoxide rings is 1. The number of hydrogen-bond donors (Lipinski definition) is 1. The highest BCUT2D eigenvalue weighted by Gasteiger charge is 2.75. The first kappa shape index (κ1) is 13.8. The molecule has 5 atom stereocenters. The summed E-state index contributed by atoms with van der Waals surface area (Å²) in [6.45, 7) is 0.705. The molecule has 1 saturated carbocycles. The monoisotopic (exact) mass is 285 g/mol. The summed E-state index contributed by atoms with van der Waals surface area (Å²) in [5.41, 5.74) is -1.01. The second-order valence-electron chi connectivity index (χ2n) is 5.55. The minimum Gasteiger partial charge on any atom is -0.467 e. The molecule has 0 aromatic carbocycles. The average Bonchev–Trinajstić information content (AvgIpc) is 3.21. The van der Waals surface area contributed by atoms with E-state index in [9.17, 15) is 9.59 Å². The van der Waals surface area contributed by atoms with E-state index in [0.717, 1.165) is 6.42 Å². The number of esters is 1. The van der Waals surface area contributed by atoms with Gasteiger partial charge in [-0.05, 0) is 12.3 Å². The van der Waals surface area contributed by atoms with Crippen LogP contribution < -0.4 is 5.32 Å². The molecule has 1 N–H and O–H groups in total. The number of nitrogens with one attached hydrogen (secondary N) is 1. The number of ether oxygens (including phenoxy) is 4. The van der Waals surface area contributed by atoms with E-state index < -0.39 is 11.6 Å². The molecule has 112 valence electrons. The van der Waals surface area contributed by atoms with Crippen LogP contribution in [0.15, 0.2) is 0 Å². The maximum absolute atomic E-state index is 12.1. The molecule has 0 radical (unpaired) electrons. The molecule has 20 heavy (non-hydrogen) atoms. The molecule has 7 nitrogen and oxygen atoms in total. The molecule has 0 spiro atoms. The van der Waals surface area contributed by atoms with Crippen LogP contribution in [0.1, 0.15) is 12.8 Å². The van der Waals surface area contributed by atoms with Gasteiger partial charge in [0.05, 0.1) is 13.2 Å². The van der Waals surface area contributed by atoms with E-state index >= 15 is 0 Å². The summed E-state index contributed by atoms with van der Waals surface area (Å²) in [6.07, 6.45) is 0.507. The van der Waals surface area contributed by atoms with Crippen molar-refractivity contribution in [3.63, 3.8) is 0 Å². The molecule has 2 heterocycles. The van der Waals surface area contributed by atoms with E-state index in [-0.39, 0.29) is 36.7 Å². The second-order valence-corrected chi connectivity index (χ2v) is 5.55. The van der Waals surface area contributed by atoms with Crippen LogP contribution in [0.5, 0.6) is 0 Å². The molecule has 3 fully saturated rings. The standard InChI is InChI=1S/C13H19NO6/c1-17-6-19-9-3-7-5-14-10(15)4-8(7)13(11(9)20-13)12(16)18-2/h7-9,11H,3-6H2,1-2H3,(H,14,15)/t7-,8+,9-,11+,13-/m1/s1. The van der Waals surface area contributed by atoms with Gasteiger partial charge < -0.3 is 24.3 Å².